The minimum atomic E-state index is -0.477. The van der Waals surface area contributed by atoms with Gasteiger partial charge in [0.25, 0.3) is 0 Å². The van der Waals surface area contributed by atoms with Crippen LogP contribution >= 0.6 is 0 Å². The quantitative estimate of drug-likeness (QED) is 0.578. The van der Waals surface area contributed by atoms with Crippen LogP contribution in [0, 0.1) is 11.8 Å². The minimum absolute atomic E-state index is 0.220. The zero-order chi connectivity index (χ0) is 17.7. The van der Waals surface area contributed by atoms with E-state index in [1.165, 1.54) is 12.8 Å². The number of carbonyl (C=O) groups is 1. The van der Waals surface area contributed by atoms with Gasteiger partial charge in [-0.3, -0.25) is 4.90 Å². The highest BCUT2D eigenvalue weighted by atomic mass is 16.6. The molecule has 2 saturated heterocycles. The molecule has 0 unspecified atom stereocenters. The third kappa shape index (κ3) is 2.24. The van der Waals surface area contributed by atoms with Crippen molar-refractivity contribution in [3.8, 4) is 17.6 Å². The predicted molar refractivity (Wildman–Crippen MR) is 97.6 cm³/mol. The lowest BCUT2D eigenvalue weighted by Gasteiger charge is -2.38. The molecular weight excluding hydrogens is 326 g/mol. The van der Waals surface area contributed by atoms with Crippen molar-refractivity contribution in [2.24, 2.45) is 0 Å². The lowest BCUT2D eigenvalue weighted by Crippen LogP contribution is -2.48. The molecule has 26 heavy (non-hydrogen) atoms. The maximum Gasteiger partial charge on any atom is 0.332 e. The van der Waals surface area contributed by atoms with Crippen LogP contribution in [0.1, 0.15) is 31.2 Å². The first kappa shape index (κ1) is 15.7. The topological polar surface area (TPSA) is 38.8 Å². The van der Waals surface area contributed by atoms with Crippen LogP contribution in [0.3, 0.4) is 0 Å². The molecule has 1 aromatic rings. The van der Waals surface area contributed by atoms with Crippen molar-refractivity contribution < 1.29 is 14.3 Å². The molecule has 132 valence electrons. The van der Waals surface area contributed by atoms with Crippen LogP contribution in [0.25, 0.3) is 0 Å². The zero-order valence-corrected chi connectivity index (χ0v) is 14.8. The fraction of sp³-hybridized carbons (Fsp3) is 0.409. The van der Waals surface area contributed by atoms with Gasteiger partial charge in [-0.1, -0.05) is 30.4 Å². The molecule has 4 nitrogen and oxygen atoms in total. The van der Waals surface area contributed by atoms with Crippen LogP contribution in [0.2, 0.25) is 0 Å². The molecule has 2 fully saturated rings. The summed E-state index contributed by atoms with van der Waals surface area (Å²) < 4.78 is 11.2. The molecule has 0 N–H and O–H groups in total. The second kappa shape index (κ2) is 5.75. The van der Waals surface area contributed by atoms with Crippen LogP contribution in [-0.4, -0.2) is 42.2 Å². The molecule has 0 amide bonds. The van der Waals surface area contributed by atoms with Crippen molar-refractivity contribution >= 4 is 5.97 Å². The van der Waals surface area contributed by atoms with Gasteiger partial charge in [0.05, 0.1) is 13.2 Å². The van der Waals surface area contributed by atoms with E-state index in [4.69, 9.17) is 9.47 Å². The number of esters is 1. The van der Waals surface area contributed by atoms with Crippen molar-refractivity contribution in [2.45, 2.75) is 43.4 Å². The van der Waals surface area contributed by atoms with Gasteiger partial charge in [0.1, 0.15) is 5.75 Å². The van der Waals surface area contributed by atoms with Crippen molar-refractivity contribution in [2.75, 3.05) is 13.7 Å². The molecule has 1 spiro atoms. The summed E-state index contributed by atoms with van der Waals surface area (Å²) in [6.45, 7) is 1.08. The number of ether oxygens (including phenoxy) is 2. The molecule has 1 aliphatic carbocycles. The van der Waals surface area contributed by atoms with Gasteiger partial charge in [0.2, 0.25) is 0 Å². The number of nitrogens with zero attached hydrogens (tertiary/aromatic N) is 1. The first-order chi connectivity index (χ1) is 12.7. The molecule has 0 aromatic heterocycles. The first-order valence-electron chi connectivity index (χ1n) is 9.29. The van der Waals surface area contributed by atoms with E-state index >= 15 is 0 Å². The van der Waals surface area contributed by atoms with Gasteiger partial charge in [-0.15, -0.1) is 0 Å². The Labute approximate surface area is 153 Å². The van der Waals surface area contributed by atoms with Crippen molar-refractivity contribution in [1.29, 1.82) is 0 Å². The van der Waals surface area contributed by atoms with E-state index in [1.54, 1.807) is 13.2 Å². The maximum atomic E-state index is 12.2. The largest absolute Gasteiger partial charge is 0.497 e. The molecule has 4 aliphatic rings. The Hall–Kier alpha value is -2.51. The van der Waals surface area contributed by atoms with Crippen LogP contribution in [-0.2, 0) is 9.53 Å². The summed E-state index contributed by atoms with van der Waals surface area (Å²) in [7, 11) is 1.65. The van der Waals surface area contributed by atoms with Gasteiger partial charge in [-0.2, -0.15) is 0 Å². The van der Waals surface area contributed by atoms with Crippen LogP contribution in [0.4, 0.5) is 0 Å². The number of methoxy groups -OCH3 is 1. The molecule has 2 bridgehead atoms. The molecule has 3 aliphatic heterocycles. The number of fused-ring (bicyclic) bond motifs is 3. The zero-order valence-electron chi connectivity index (χ0n) is 14.8. The summed E-state index contributed by atoms with van der Waals surface area (Å²) in [5.41, 5.74) is 2.36. The van der Waals surface area contributed by atoms with E-state index in [-0.39, 0.29) is 5.97 Å². The highest BCUT2D eigenvalue weighted by molar-refractivity contribution is 5.90. The molecule has 0 radical (unpaired) electrons. The minimum Gasteiger partial charge on any atom is -0.497 e. The summed E-state index contributed by atoms with van der Waals surface area (Å²) in [5.74, 6) is 7.13. The normalized spacial score (nSPS) is 31.8. The lowest BCUT2D eigenvalue weighted by molar-refractivity contribution is -0.148. The Morgan fingerprint density at radius 1 is 1.31 bits per heavy atom. The Morgan fingerprint density at radius 3 is 3.12 bits per heavy atom. The highest BCUT2D eigenvalue weighted by Gasteiger charge is 2.61. The second-order valence-corrected chi connectivity index (χ2v) is 7.45. The Morgan fingerprint density at radius 2 is 2.23 bits per heavy atom. The van der Waals surface area contributed by atoms with Crippen LogP contribution in [0.15, 0.2) is 47.6 Å². The van der Waals surface area contributed by atoms with Crippen LogP contribution in [0.5, 0.6) is 5.75 Å². The van der Waals surface area contributed by atoms with Gasteiger partial charge in [-0.05, 0) is 37.6 Å². The Balaban J connectivity index is 1.55. The maximum absolute atomic E-state index is 12.2. The van der Waals surface area contributed by atoms with Gasteiger partial charge in [0, 0.05) is 35.2 Å². The molecule has 3 heterocycles. The van der Waals surface area contributed by atoms with Gasteiger partial charge in [0.15, 0.2) is 5.60 Å². The summed E-state index contributed by atoms with van der Waals surface area (Å²) in [4.78, 5) is 14.7. The molecule has 1 aromatic carbocycles. The summed E-state index contributed by atoms with van der Waals surface area (Å²) >= 11 is 0. The molecule has 4 heteroatoms. The predicted octanol–water partition coefficient (Wildman–Crippen LogP) is 2.84. The highest BCUT2D eigenvalue weighted by Crippen LogP contribution is 2.53. The first-order valence-corrected chi connectivity index (χ1v) is 9.29. The van der Waals surface area contributed by atoms with Crippen molar-refractivity contribution in [3.05, 3.63) is 53.1 Å². The van der Waals surface area contributed by atoms with E-state index in [9.17, 15) is 4.79 Å². The third-order valence-electron chi connectivity index (χ3n) is 6.08. The number of benzene rings is 1. The van der Waals surface area contributed by atoms with Gasteiger partial charge in [-0.25, -0.2) is 4.79 Å². The van der Waals surface area contributed by atoms with Gasteiger partial charge >= 0.3 is 5.97 Å². The third-order valence-corrected chi connectivity index (χ3v) is 6.08. The smallest absolute Gasteiger partial charge is 0.332 e. The SMILES string of the molecule is COc1cccc(C#CC2=C[C@@H]3C[C@@]4(OC(=O)C=C24)[C@H]2CCCCN32)c1. The Kier molecular flexibility index (Phi) is 3.48. The molecule has 0 saturated carbocycles. The summed E-state index contributed by atoms with van der Waals surface area (Å²) in [6, 6.07) is 8.35. The molecule has 3 atom stereocenters. The Bertz CT molecular complexity index is 903. The number of piperidine rings is 1. The standard InChI is InChI=1S/C22H21NO3/c1-25-18-6-4-5-15(11-18)8-9-16-12-17-14-22(19(16)13-21(24)26-22)20-7-2-3-10-23(17)20/h4-6,11-13,17,20H,2-3,7,10,14H2,1H3/t17-,20-,22+/m1/s1. The summed E-state index contributed by atoms with van der Waals surface area (Å²) in [6.07, 6.45) is 8.29. The van der Waals surface area contributed by atoms with Crippen LogP contribution < -0.4 is 4.74 Å². The van der Waals surface area contributed by atoms with Gasteiger partial charge < -0.3 is 9.47 Å². The van der Waals surface area contributed by atoms with E-state index < -0.39 is 5.60 Å². The fourth-order valence-electron chi connectivity index (χ4n) is 5.01. The average molecular weight is 347 g/mol. The number of hydrogen-bond donors (Lipinski definition) is 0. The molecular formula is C22H21NO3. The average Bonchev–Trinajstić information content (AvgIpc) is 3.15. The number of rotatable bonds is 1. The van der Waals surface area contributed by atoms with E-state index in [1.807, 2.05) is 24.3 Å². The summed E-state index contributed by atoms with van der Waals surface area (Å²) in [5, 5.41) is 0. The van der Waals surface area contributed by atoms with Crippen molar-refractivity contribution in [3.63, 3.8) is 0 Å². The van der Waals surface area contributed by atoms with E-state index in [0.717, 1.165) is 41.8 Å². The monoisotopic (exact) mass is 347 g/mol. The number of hydrogen-bond acceptors (Lipinski definition) is 4. The van der Waals surface area contributed by atoms with E-state index in [2.05, 4.69) is 22.8 Å². The number of carbonyl (C=O) groups excluding carboxylic acids is 1. The van der Waals surface area contributed by atoms with Crippen molar-refractivity contribution in [1.82, 2.24) is 4.90 Å². The lowest BCUT2D eigenvalue weighted by atomic mass is 9.77. The molecule has 5 rings (SSSR count). The second-order valence-electron chi connectivity index (χ2n) is 7.45. The fourth-order valence-corrected chi connectivity index (χ4v) is 5.01. The van der Waals surface area contributed by atoms with E-state index in [0.29, 0.717) is 12.1 Å².